The van der Waals surface area contributed by atoms with Gasteiger partial charge in [0.15, 0.2) is 0 Å². The van der Waals surface area contributed by atoms with Crippen molar-refractivity contribution >= 4 is 57.2 Å². The lowest BCUT2D eigenvalue weighted by Crippen LogP contribution is -2.09. The highest BCUT2D eigenvalue weighted by atomic mass is 35.5. The zero-order valence-corrected chi connectivity index (χ0v) is 28.0. The van der Waals surface area contributed by atoms with Crippen LogP contribution in [-0.2, 0) is 22.7 Å². The van der Waals surface area contributed by atoms with Crippen molar-refractivity contribution in [3.05, 3.63) is 128 Å². The van der Waals surface area contributed by atoms with Crippen LogP contribution in [-0.4, -0.2) is 52.1 Å². The summed E-state index contributed by atoms with van der Waals surface area (Å²) in [6.07, 6.45) is 0. The van der Waals surface area contributed by atoms with Crippen molar-refractivity contribution < 1.29 is 29.3 Å². The lowest BCUT2D eigenvalue weighted by Gasteiger charge is -2.12. The highest BCUT2D eigenvalue weighted by Crippen LogP contribution is 2.31. The Morgan fingerprint density at radius 2 is 0.960 bits per heavy atom. The van der Waals surface area contributed by atoms with Gasteiger partial charge in [-0.15, -0.1) is 30.0 Å². The molecular weight excluding hydrogens is 683 g/mol. The van der Waals surface area contributed by atoms with Crippen LogP contribution >= 0.6 is 23.2 Å². The number of phenols is 2. The Morgan fingerprint density at radius 1 is 0.580 bits per heavy atom. The zero-order chi connectivity index (χ0) is 35.1. The van der Waals surface area contributed by atoms with Crippen molar-refractivity contribution in [3.63, 3.8) is 0 Å². The highest BCUT2D eigenvalue weighted by Gasteiger charge is 2.19. The molecule has 7 aromatic rings. The van der Waals surface area contributed by atoms with Crippen LogP contribution in [0.4, 0.5) is 0 Å². The summed E-state index contributed by atoms with van der Waals surface area (Å²) in [7, 11) is 0. The van der Waals surface area contributed by atoms with Crippen LogP contribution in [0.1, 0.15) is 43.0 Å². The predicted octanol–water partition coefficient (Wildman–Crippen LogP) is 7.20. The van der Waals surface area contributed by atoms with Gasteiger partial charge in [0.2, 0.25) is 0 Å². The standard InChI is InChI=1S/C36H26Cl2N6O6/c1-19-11-23(33(45)31(13-19)43-39-27-9-7-25(37)15-29(27)41-43)17-49-35(47)21-3-5-22(6-4-21)36(48)50-18-24-12-20(2)14-32(34(24)46)44-40-28-10-8-26(38)16-30(28)42-44/h3-16,45-46H,17-18H2,1-2H3. The molecule has 0 unspecified atom stereocenters. The maximum absolute atomic E-state index is 12.9. The van der Waals surface area contributed by atoms with E-state index in [1.54, 1.807) is 60.7 Å². The van der Waals surface area contributed by atoms with Crippen LogP contribution in [0.3, 0.4) is 0 Å². The third-order valence-corrected chi connectivity index (χ3v) is 8.29. The second kappa shape index (κ2) is 13.1. The average molecular weight is 710 g/mol. The van der Waals surface area contributed by atoms with Gasteiger partial charge in [0, 0.05) is 21.2 Å². The SMILES string of the molecule is Cc1cc(COC(=O)c2ccc(C(=O)OCc3cc(C)cc(-n4nc5ccc(Cl)cc5n4)c3O)cc2)c(O)c(-n2nc3ccc(Cl)cc3n2)c1. The van der Waals surface area contributed by atoms with E-state index in [1.807, 2.05) is 13.8 Å². The van der Waals surface area contributed by atoms with Gasteiger partial charge in [0.25, 0.3) is 0 Å². The maximum Gasteiger partial charge on any atom is 0.338 e. The van der Waals surface area contributed by atoms with Gasteiger partial charge in [0.1, 0.15) is 58.2 Å². The highest BCUT2D eigenvalue weighted by molar-refractivity contribution is 6.31. The summed E-state index contributed by atoms with van der Waals surface area (Å²) in [5, 5.41) is 40.7. The molecule has 0 bridgehead atoms. The van der Waals surface area contributed by atoms with Crippen LogP contribution in [0, 0.1) is 13.8 Å². The number of carbonyl (C=O) groups is 2. The fraction of sp³-hybridized carbons (Fsp3) is 0.111. The van der Waals surface area contributed by atoms with Crippen molar-refractivity contribution in [1.82, 2.24) is 30.0 Å². The molecular formula is C36H26Cl2N6O6. The molecule has 0 aliphatic heterocycles. The van der Waals surface area contributed by atoms with Crippen LogP contribution in [0.5, 0.6) is 11.5 Å². The number of aromatic nitrogens is 6. The summed E-state index contributed by atoms with van der Waals surface area (Å²) in [5.41, 5.74) is 5.62. The van der Waals surface area contributed by atoms with Crippen molar-refractivity contribution in [1.29, 1.82) is 0 Å². The number of fused-ring (bicyclic) bond motifs is 2. The van der Waals surface area contributed by atoms with Crippen molar-refractivity contribution in [3.8, 4) is 22.9 Å². The molecule has 14 heteroatoms. The molecule has 2 N–H and O–H groups in total. The van der Waals surface area contributed by atoms with E-state index < -0.39 is 11.9 Å². The van der Waals surface area contributed by atoms with Crippen molar-refractivity contribution in [2.24, 2.45) is 0 Å². The first-order valence-corrected chi connectivity index (χ1v) is 15.9. The van der Waals surface area contributed by atoms with E-state index in [-0.39, 0.29) is 35.8 Å². The second-order valence-electron chi connectivity index (χ2n) is 11.6. The van der Waals surface area contributed by atoms with E-state index in [2.05, 4.69) is 20.4 Å². The third kappa shape index (κ3) is 6.53. The molecule has 2 heterocycles. The Morgan fingerprint density at radius 3 is 1.36 bits per heavy atom. The van der Waals surface area contributed by atoms with Gasteiger partial charge in [-0.25, -0.2) is 9.59 Å². The molecule has 12 nitrogen and oxygen atoms in total. The average Bonchev–Trinajstić information content (AvgIpc) is 3.72. The topological polar surface area (TPSA) is 154 Å². The molecule has 0 spiro atoms. The van der Waals surface area contributed by atoms with Crippen molar-refractivity contribution in [2.45, 2.75) is 27.1 Å². The molecule has 0 saturated carbocycles. The second-order valence-corrected chi connectivity index (χ2v) is 12.4. The van der Waals surface area contributed by atoms with E-state index >= 15 is 0 Å². The summed E-state index contributed by atoms with van der Waals surface area (Å²) in [6, 6.07) is 22.8. The summed E-state index contributed by atoms with van der Waals surface area (Å²) in [4.78, 5) is 28.4. The Balaban J connectivity index is 1.00. The maximum atomic E-state index is 12.9. The molecule has 0 radical (unpaired) electrons. The van der Waals surface area contributed by atoms with E-state index in [0.29, 0.717) is 54.6 Å². The van der Waals surface area contributed by atoms with Crippen LogP contribution in [0.15, 0.2) is 84.9 Å². The Labute approximate surface area is 294 Å². The van der Waals surface area contributed by atoms with Gasteiger partial charge in [0.05, 0.1) is 11.1 Å². The normalized spacial score (nSPS) is 11.3. The summed E-state index contributed by atoms with van der Waals surface area (Å²) in [5.74, 6) is -1.61. The number of phenolic OH excluding ortho intramolecular Hbond substituents is 2. The molecule has 5 aromatic carbocycles. The monoisotopic (exact) mass is 708 g/mol. The number of benzene rings is 5. The fourth-order valence-electron chi connectivity index (χ4n) is 5.38. The molecule has 0 aliphatic carbocycles. The smallest absolute Gasteiger partial charge is 0.338 e. The number of aromatic hydroxyl groups is 2. The molecule has 0 saturated heterocycles. The zero-order valence-electron chi connectivity index (χ0n) is 26.5. The lowest BCUT2D eigenvalue weighted by atomic mass is 10.1. The minimum atomic E-state index is -0.663. The van der Waals surface area contributed by atoms with Gasteiger partial charge in [-0.05, 0) is 110 Å². The molecule has 250 valence electrons. The fourth-order valence-corrected chi connectivity index (χ4v) is 5.71. The molecule has 0 amide bonds. The number of carbonyl (C=O) groups excluding carboxylic acids is 2. The number of ether oxygens (including phenoxy) is 2. The Kier molecular flexibility index (Phi) is 8.56. The largest absolute Gasteiger partial charge is 0.505 e. The number of hydrogen-bond acceptors (Lipinski definition) is 10. The number of nitrogens with zero attached hydrogens (tertiary/aromatic N) is 6. The van der Waals surface area contributed by atoms with E-state index in [9.17, 15) is 19.8 Å². The summed E-state index contributed by atoms with van der Waals surface area (Å²) >= 11 is 12.1. The molecule has 2 aromatic heterocycles. The molecule has 7 rings (SSSR count). The van der Waals surface area contributed by atoms with Gasteiger partial charge < -0.3 is 19.7 Å². The predicted molar refractivity (Wildman–Crippen MR) is 185 cm³/mol. The van der Waals surface area contributed by atoms with Gasteiger partial charge in [-0.2, -0.15) is 0 Å². The van der Waals surface area contributed by atoms with Gasteiger partial charge in [-0.3, -0.25) is 0 Å². The molecule has 50 heavy (non-hydrogen) atoms. The lowest BCUT2D eigenvalue weighted by molar-refractivity contribution is 0.0456. The number of rotatable bonds is 8. The molecule has 0 atom stereocenters. The first-order chi connectivity index (χ1) is 24.0. The van der Waals surface area contributed by atoms with Crippen LogP contribution < -0.4 is 0 Å². The minimum absolute atomic E-state index is 0.140. The van der Waals surface area contributed by atoms with E-state index in [0.717, 1.165) is 11.1 Å². The van der Waals surface area contributed by atoms with Gasteiger partial charge in [-0.1, -0.05) is 23.2 Å². The number of hydrogen-bond donors (Lipinski definition) is 2. The van der Waals surface area contributed by atoms with Crippen LogP contribution in [0.2, 0.25) is 10.0 Å². The number of aryl methyl sites for hydroxylation is 2. The minimum Gasteiger partial charge on any atom is -0.505 e. The quantitative estimate of drug-likeness (QED) is 0.155. The number of esters is 2. The Hall–Kier alpha value is -5.98. The van der Waals surface area contributed by atoms with Gasteiger partial charge >= 0.3 is 11.9 Å². The summed E-state index contributed by atoms with van der Waals surface area (Å²) < 4.78 is 11.0. The van der Waals surface area contributed by atoms with Crippen LogP contribution in [0.25, 0.3) is 33.4 Å². The Bertz CT molecular complexity index is 2290. The third-order valence-electron chi connectivity index (χ3n) is 7.82. The van der Waals surface area contributed by atoms with E-state index in [1.165, 1.54) is 33.9 Å². The van der Waals surface area contributed by atoms with Crippen molar-refractivity contribution in [2.75, 3.05) is 0 Å². The molecule has 0 fully saturated rings. The first-order valence-electron chi connectivity index (χ1n) is 15.2. The molecule has 0 aliphatic rings. The number of halogens is 2. The van der Waals surface area contributed by atoms with E-state index in [4.69, 9.17) is 32.7 Å². The first kappa shape index (κ1) is 32.6. The summed E-state index contributed by atoms with van der Waals surface area (Å²) in [6.45, 7) is 3.21.